The number of hydrogen-bond acceptors (Lipinski definition) is 2. The zero-order valence-corrected chi connectivity index (χ0v) is 12.4. The number of benzene rings is 2. The van der Waals surface area contributed by atoms with Crippen LogP contribution in [0.1, 0.15) is 12.5 Å². The normalized spacial score (nSPS) is 11.8. The Bertz CT molecular complexity index is 660. The molecule has 2 aromatic carbocycles. The van der Waals surface area contributed by atoms with Gasteiger partial charge in [-0.25, -0.2) is 4.39 Å². The van der Waals surface area contributed by atoms with Crippen LogP contribution >= 0.6 is 11.6 Å². The topological polar surface area (TPSA) is 38.3 Å². The van der Waals surface area contributed by atoms with Gasteiger partial charge in [0.05, 0.1) is 10.7 Å². The maximum atomic E-state index is 13.5. The summed E-state index contributed by atoms with van der Waals surface area (Å²) in [5, 5.41) is 2.90. The van der Waals surface area contributed by atoms with Crippen molar-refractivity contribution < 1.29 is 13.9 Å². The SMILES string of the molecule is Cc1ccc(Cl)c(O[C@@H](C)C(=O)Nc2ccccc2F)c1. The molecule has 0 aromatic heterocycles. The average Bonchev–Trinajstić information content (AvgIpc) is 2.45. The molecule has 0 aliphatic rings. The quantitative estimate of drug-likeness (QED) is 0.919. The number of anilines is 1. The molecule has 2 aromatic rings. The van der Waals surface area contributed by atoms with E-state index in [0.717, 1.165) is 5.56 Å². The second-order valence-corrected chi connectivity index (χ2v) is 5.07. The van der Waals surface area contributed by atoms with E-state index in [-0.39, 0.29) is 5.69 Å². The third kappa shape index (κ3) is 3.95. The lowest BCUT2D eigenvalue weighted by Crippen LogP contribution is -2.30. The van der Waals surface area contributed by atoms with Crippen LogP contribution in [-0.4, -0.2) is 12.0 Å². The van der Waals surface area contributed by atoms with E-state index in [0.29, 0.717) is 10.8 Å². The first-order valence-corrected chi connectivity index (χ1v) is 6.83. The predicted molar refractivity (Wildman–Crippen MR) is 81.3 cm³/mol. The van der Waals surface area contributed by atoms with Crippen LogP contribution in [0.25, 0.3) is 0 Å². The average molecular weight is 308 g/mol. The molecule has 0 fully saturated rings. The standard InChI is InChI=1S/C16H15ClFNO2/c1-10-7-8-12(17)15(9-10)21-11(2)16(20)19-14-6-4-3-5-13(14)18/h3-9,11H,1-2H3,(H,19,20)/t11-/m0/s1. The number of carbonyl (C=O) groups is 1. The van der Waals surface area contributed by atoms with Gasteiger partial charge >= 0.3 is 0 Å². The molecule has 0 radical (unpaired) electrons. The molecule has 0 saturated heterocycles. The fraction of sp³-hybridized carbons (Fsp3) is 0.188. The van der Waals surface area contributed by atoms with Gasteiger partial charge in [0.15, 0.2) is 6.10 Å². The summed E-state index contributed by atoms with van der Waals surface area (Å²) >= 11 is 6.01. The summed E-state index contributed by atoms with van der Waals surface area (Å²) in [4.78, 5) is 12.0. The van der Waals surface area contributed by atoms with Gasteiger partial charge in [-0.15, -0.1) is 0 Å². The molecule has 0 bridgehead atoms. The molecule has 1 amide bonds. The first kappa shape index (κ1) is 15.3. The Balaban J connectivity index is 2.06. The third-order valence-electron chi connectivity index (χ3n) is 2.89. The predicted octanol–water partition coefficient (Wildman–Crippen LogP) is 4.19. The molecule has 21 heavy (non-hydrogen) atoms. The van der Waals surface area contributed by atoms with E-state index < -0.39 is 17.8 Å². The van der Waals surface area contributed by atoms with E-state index in [1.54, 1.807) is 31.2 Å². The molecular weight excluding hydrogens is 293 g/mol. The highest BCUT2D eigenvalue weighted by atomic mass is 35.5. The van der Waals surface area contributed by atoms with Crippen LogP contribution in [-0.2, 0) is 4.79 Å². The Kier molecular flexibility index (Phi) is 4.81. The van der Waals surface area contributed by atoms with Gasteiger partial charge in [-0.2, -0.15) is 0 Å². The van der Waals surface area contributed by atoms with Crippen LogP contribution in [0.5, 0.6) is 5.75 Å². The maximum absolute atomic E-state index is 13.5. The molecular formula is C16H15ClFNO2. The van der Waals surface area contributed by atoms with Gasteiger partial charge in [0.1, 0.15) is 11.6 Å². The zero-order chi connectivity index (χ0) is 15.4. The van der Waals surface area contributed by atoms with Gasteiger partial charge in [0, 0.05) is 0 Å². The van der Waals surface area contributed by atoms with Crippen molar-refractivity contribution >= 4 is 23.2 Å². The minimum Gasteiger partial charge on any atom is -0.479 e. The lowest BCUT2D eigenvalue weighted by Gasteiger charge is -2.16. The second-order valence-electron chi connectivity index (χ2n) is 4.66. The number of para-hydroxylation sites is 1. The van der Waals surface area contributed by atoms with Crippen molar-refractivity contribution in [3.05, 3.63) is 58.9 Å². The fourth-order valence-corrected chi connectivity index (χ4v) is 1.90. The van der Waals surface area contributed by atoms with Gasteiger partial charge in [-0.1, -0.05) is 29.8 Å². The number of nitrogens with one attached hydrogen (secondary N) is 1. The highest BCUT2D eigenvalue weighted by Crippen LogP contribution is 2.26. The number of amides is 1. The van der Waals surface area contributed by atoms with Crippen molar-refractivity contribution in [1.82, 2.24) is 0 Å². The lowest BCUT2D eigenvalue weighted by molar-refractivity contribution is -0.122. The van der Waals surface area contributed by atoms with E-state index >= 15 is 0 Å². The molecule has 1 atom stereocenters. The highest BCUT2D eigenvalue weighted by Gasteiger charge is 2.17. The number of rotatable bonds is 4. The summed E-state index contributed by atoms with van der Waals surface area (Å²) in [5.41, 5.74) is 1.09. The van der Waals surface area contributed by atoms with Crippen molar-refractivity contribution in [3.8, 4) is 5.75 Å². The monoisotopic (exact) mass is 307 g/mol. The number of ether oxygens (including phenoxy) is 1. The van der Waals surface area contributed by atoms with Crippen molar-refractivity contribution in [3.63, 3.8) is 0 Å². The zero-order valence-electron chi connectivity index (χ0n) is 11.7. The number of halogens is 2. The Morgan fingerprint density at radius 2 is 2.00 bits per heavy atom. The number of aryl methyl sites for hydroxylation is 1. The molecule has 0 aliphatic carbocycles. The van der Waals surface area contributed by atoms with Gasteiger partial charge < -0.3 is 10.1 Å². The van der Waals surface area contributed by atoms with Gasteiger partial charge in [0.2, 0.25) is 0 Å². The summed E-state index contributed by atoms with van der Waals surface area (Å²) < 4.78 is 19.0. The van der Waals surface area contributed by atoms with Crippen LogP contribution in [0.4, 0.5) is 10.1 Å². The van der Waals surface area contributed by atoms with Crippen LogP contribution in [0, 0.1) is 12.7 Å². The number of carbonyl (C=O) groups excluding carboxylic acids is 1. The summed E-state index contributed by atoms with van der Waals surface area (Å²) in [7, 11) is 0. The van der Waals surface area contributed by atoms with E-state index in [2.05, 4.69) is 5.32 Å². The Morgan fingerprint density at radius 1 is 1.29 bits per heavy atom. The Hall–Kier alpha value is -2.07. The van der Waals surface area contributed by atoms with Crippen LogP contribution in [0.2, 0.25) is 5.02 Å². The Labute approximate surface area is 127 Å². The van der Waals surface area contributed by atoms with E-state index in [1.165, 1.54) is 12.1 Å². The Morgan fingerprint density at radius 3 is 2.71 bits per heavy atom. The minimum absolute atomic E-state index is 0.119. The van der Waals surface area contributed by atoms with Gasteiger partial charge in [0.25, 0.3) is 5.91 Å². The smallest absolute Gasteiger partial charge is 0.265 e. The van der Waals surface area contributed by atoms with E-state index in [9.17, 15) is 9.18 Å². The molecule has 0 saturated carbocycles. The third-order valence-corrected chi connectivity index (χ3v) is 3.20. The van der Waals surface area contributed by atoms with Crippen molar-refractivity contribution in [2.75, 3.05) is 5.32 Å². The van der Waals surface area contributed by atoms with E-state index in [1.807, 2.05) is 13.0 Å². The molecule has 1 N–H and O–H groups in total. The first-order valence-electron chi connectivity index (χ1n) is 6.45. The van der Waals surface area contributed by atoms with Crippen molar-refractivity contribution in [2.45, 2.75) is 20.0 Å². The molecule has 110 valence electrons. The molecule has 5 heteroatoms. The minimum atomic E-state index is -0.802. The van der Waals surface area contributed by atoms with Crippen LogP contribution < -0.4 is 10.1 Å². The summed E-state index contributed by atoms with van der Waals surface area (Å²) in [6.45, 7) is 3.47. The van der Waals surface area contributed by atoms with Gasteiger partial charge in [-0.05, 0) is 43.7 Å². The van der Waals surface area contributed by atoms with E-state index in [4.69, 9.17) is 16.3 Å². The largest absolute Gasteiger partial charge is 0.479 e. The van der Waals surface area contributed by atoms with Crippen molar-refractivity contribution in [1.29, 1.82) is 0 Å². The molecule has 0 spiro atoms. The maximum Gasteiger partial charge on any atom is 0.265 e. The molecule has 3 nitrogen and oxygen atoms in total. The second kappa shape index (κ2) is 6.59. The summed E-state index contributed by atoms with van der Waals surface area (Å²) in [5.74, 6) is -0.517. The van der Waals surface area contributed by atoms with Crippen molar-refractivity contribution in [2.24, 2.45) is 0 Å². The highest BCUT2D eigenvalue weighted by molar-refractivity contribution is 6.32. The first-order chi connectivity index (χ1) is 9.97. The summed E-state index contributed by atoms with van der Waals surface area (Å²) in [6, 6.07) is 11.2. The van der Waals surface area contributed by atoms with Crippen LogP contribution in [0.15, 0.2) is 42.5 Å². The fourth-order valence-electron chi connectivity index (χ4n) is 1.74. The molecule has 0 unspecified atom stereocenters. The molecule has 0 heterocycles. The van der Waals surface area contributed by atoms with Crippen LogP contribution in [0.3, 0.4) is 0 Å². The molecule has 2 rings (SSSR count). The lowest BCUT2D eigenvalue weighted by atomic mass is 10.2. The molecule has 0 aliphatic heterocycles. The number of hydrogen-bond donors (Lipinski definition) is 1. The summed E-state index contributed by atoms with van der Waals surface area (Å²) in [6.07, 6.45) is -0.802. The van der Waals surface area contributed by atoms with Gasteiger partial charge in [-0.3, -0.25) is 4.79 Å².